The van der Waals surface area contributed by atoms with Crippen molar-refractivity contribution in [1.82, 2.24) is 15.5 Å². The molecule has 4 rings (SSSR count). The fraction of sp³-hybridized carbons (Fsp3) is 0.545. The van der Waals surface area contributed by atoms with E-state index < -0.39 is 18.0 Å². The number of fused-ring (bicyclic) bond motifs is 2. The Kier molecular flexibility index (Phi) is 11.3. The molecule has 0 saturated heterocycles. The molecule has 0 unspecified atom stereocenters. The number of halogens is 1. The summed E-state index contributed by atoms with van der Waals surface area (Å²) in [6, 6.07) is 13.1. The minimum absolute atomic E-state index is 0.0281. The molecule has 1 heterocycles. The lowest BCUT2D eigenvalue weighted by Gasteiger charge is -2.27. The Labute approximate surface area is 243 Å². The van der Waals surface area contributed by atoms with Crippen LogP contribution in [-0.4, -0.2) is 61.3 Å². The molecule has 2 aromatic rings. The normalized spacial score (nSPS) is 23.2. The monoisotopic (exact) mass is 565 g/mol. The quantitative estimate of drug-likeness (QED) is 0.534. The molecule has 2 amide bonds. The zero-order valence-electron chi connectivity index (χ0n) is 24.4. The molecular weight excluding hydrogens is 521 g/mol. The molecular formula is C33H44FN3O4. The number of aryl methyl sites for hydroxylation is 1. The molecule has 8 heteroatoms. The van der Waals surface area contributed by atoms with Crippen LogP contribution in [-0.2, 0) is 27.2 Å². The summed E-state index contributed by atoms with van der Waals surface area (Å²) < 4.78 is 19.4. The van der Waals surface area contributed by atoms with Crippen molar-refractivity contribution in [2.24, 2.45) is 5.92 Å². The maximum Gasteiger partial charge on any atom is 0.242 e. The minimum Gasteiger partial charge on any atom is -0.494 e. The van der Waals surface area contributed by atoms with Gasteiger partial charge >= 0.3 is 0 Å². The van der Waals surface area contributed by atoms with Gasteiger partial charge in [-0.1, -0.05) is 37.1 Å². The van der Waals surface area contributed by atoms with Crippen LogP contribution < -0.4 is 15.4 Å². The number of Topliss-reactive ketones (excluding diaryl/α,β-unsaturated/α-hetero) is 1. The Balaban J connectivity index is 1.57. The molecule has 2 bridgehead atoms. The number of benzene rings is 2. The molecule has 0 spiro atoms. The number of carbonyl (C=O) groups is 3. The van der Waals surface area contributed by atoms with Crippen molar-refractivity contribution < 1.29 is 23.5 Å². The van der Waals surface area contributed by atoms with Crippen LogP contribution in [0.25, 0.3) is 0 Å². The lowest BCUT2D eigenvalue weighted by atomic mass is 9.89. The van der Waals surface area contributed by atoms with Gasteiger partial charge in [0.15, 0.2) is 5.78 Å². The second kappa shape index (κ2) is 15.1. The maximum atomic E-state index is 13.8. The number of rotatable bonds is 6. The highest BCUT2D eigenvalue weighted by molar-refractivity contribution is 5.92. The van der Waals surface area contributed by atoms with Crippen LogP contribution in [0, 0.1) is 11.7 Å². The Hall–Kier alpha value is -3.26. The first-order chi connectivity index (χ1) is 19.8. The molecule has 0 radical (unpaired) electrons. The van der Waals surface area contributed by atoms with Gasteiger partial charge < -0.3 is 15.4 Å². The number of nitrogens with one attached hydrogen (secondary N) is 2. The van der Waals surface area contributed by atoms with Crippen molar-refractivity contribution in [2.75, 3.05) is 20.7 Å². The van der Waals surface area contributed by atoms with E-state index in [0.717, 1.165) is 49.0 Å². The summed E-state index contributed by atoms with van der Waals surface area (Å²) in [4.78, 5) is 42.7. The highest BCUT2D eigenvalue weighted by Crippen LogP contribution is 2.22. The number of amides is 2. The highest BCUT2D eigenvalue weighted by atomic mass is 19.1. The van der Waals surface area contributed by atoms with Gasteiger partial charge in [-0.05, 0) is 101 Å². The molecule has 41 heavy (non-hydrogen) atoms. The van der Waals surface area contributed by atoms with Crippen molar-refractivity contribution in [3.05, 3.63) is 65.5 Å². The summed E-state index contributed by atoms with van der Waals surface area (Å²) >= 11 is 0. The van der Waals surface area contributed by atoms with E-state index in [1.807, 2.05) is 43.3 Å². The number of hydrogen-bond acceptors (Lipinski definition) is 5. The molecule has 2 N–H and O–H groups in total. The summed E-state index contributed by atoms with van der Waals surface area (Å²) in [6.45, 7) is 0.505. The fourth-order valence-electron chi connectivity index (χ4n) is 5.84. The summed E-state index contributed by atoms with van der Waals surface area (Å²) in [5, 5.41) is 6.16. The second-order valence-electron chi connectivity index (χ2n) is 11.8. The Morgan fingerprint density at radius 1 is 1.00 bits per heavy atom. The minimum atomic E-state index is -0.674. The topological polar surface area (TPSA) is 87.7 Å². The van der Waals surface area contributed by atoms with E-state index in [9.17, 15) is 18.8 Å². The molecule has 1 saturated carbocycles. The van der Waals surface area contributed by atoms with Gasteiger partial charge in [-0.15, -0.1) is 0 Å². The Morgan fingerprint density at radius 2 is 1.73 bits per heavy atom. The molecule has 3 atom stereocenters. The van der Waals surface area contributed by atoms with E-state index in [-0.39, 0.29) is 35.9 Å². The van der Waals surface area contributed by atoms with Crippen LogP contribution in [0.2, 0.25) is 0 Å². The first-order valence-corrected chi connectivity index (χ1v) is 15.0. The number of ketones is 1. The van der Waals surface area contributed by atoms with Crippen LogP contribution in [0.4, 0.5) is 4.39 Å². The fourth-order valence-corrected chi connectivity index (χ4v) is 5.84. The summed E-state index contributed by atoms with van der Waals surface area (Å²) in [6.07, 6.45) is 7.57. The highest BCUT2D eigenvalue weighted by Gasteiger charge is 2.31. The average Bonchev–Trinajstić information content (AvgIpc) is 3.46. The molecule has 2 aromatic carbocycles. The van der Waals surface area contributed by atoms with E-state index in [1.54, 1.807) is 12.1 Å². The summed E-state index contributed by atoms with van der Waals surface area (Å²) in [5.74, 6) is -0.630. The summed E-state index contributed by atoms with van der Waals surface area (Å²) in [5.41, 5.74) is 1.90. The third-order valence-corrected chi connectivity index (χ3v) is 8.33. The molecule has 0 aromatic heterocycles. The van der Waals surface area contributed by atoms with Crippen LogP contribution in [0.3, 0.4) is 0 Å². The van der Waals surface area contributed by atoms with E-state index in [4.69, 9.17) is 4.74 Å². The van der Waals surface area contributed by atoms with Gasteiger partial charge in [0.25, 0.3) is 0 Å². The van der Waals surface area contributed by atoms with Crippen molar-refractivity contribution in [1.29, 1.82) is 0 Å². The lowest BCUT2D eigenvalue weighted by molar-refractivity contribution is -0.134. The zero-order chi connectivity index (χ0) is 29.2. The van der Waals surface area contributed by atoms with Gasteiger partial charge in [-0.3, -0.25) is 19.3 Å². The standard InChI is InChI=1S/C33H44FN3O4/c1-37(2)30-21-24-8-7-11-28(20-24)41-19-6-5-12-29(33(40)35-27-9-3-4-10-27)36-32(39)25(22-31(30)38)16-13-23-14-17-26(34)18-15-23/h7-8,11,14-15,17-18,20,25,27,29-30H,3-6,9-10,12-13,16,19,21-22H2,1-2H3,(H,35,40)(H,36,39)/t25-,29+,30+/m1/s1. The number of hydrogen-bond donors (Lipinski definition) is 2. The predicted molar refractivity (Wildman–Crippen MR) is 157 cm³/mol. The molecule has 7 nitrogen and oxygen atoms in total. The number of ether oxygens (including phenoxy) is 1. The van der Waals surface area contributed by atoms with Crippen LogP contribution in [0.1, 0.15) is 68.9 Å². The third-order valence-electron chi connectivity index (χ3n) is 8.33. The van der Waals surface area contributed by atoms with Gasteiger partial charge in [-0.25, -0.2) is 4.39 Å². The van der Waals surface area contributed by atoms with Gasteiger partial charge in [-0.2, -0.15) is 0 Å². The van der Waals surface area contributed by atoms with Gasteiger partial charge in [0, 0.05) is 18.4 Å². The first-order valence-electron chi connectivity index (χ1n) is 15.0. The third kappa shape index (κ3) is 9.38. The van der Waals surface area contributed by atoms with Crippen molar-refractivity contribution >= 4 is 17.6 Å². The molecule has 1 fully saturated rings. The van der Waals surface area contributed by atoms with Crippen LogP contribution in [0.5, 0.6) is 5.75 Å². The van der Waals surface area contributed by atoms with E-state index in [1.165, 1.54) is 12.1 Å². The first kappa shape index (κ1) is 30.7. The molecule has 1 aliphatic heterocycles. The SMILES string of the molecule is CN(C)[C@H]1Cc2cccc(c2)OCCCC[C@@H](C(=O)NC2CCCC2)NC(=O)[C@H](CCc2ccc(F)cc2)CC1=O. The molecule has 222 valence electrons. The van der Waals surface area contributed by atoms with Gasteiger partial charge in [0.2, 0.25) is 11.8 Å². The van der Waals surface area contributed by atoms with Crippen molar-refractivity contribution in [3.63, 3.8) is 0 Å². The van der Waals surface area contributed by atoms with Gasteiger partial charge in [0.1, 0.15) is 17.6 Å². The number of nitrogens with zero attached hydrogens (tertiary/aromatic N) is 1. The molecule has 1 aliphatic carbocycles. The Bertz CT molecular complexity index is 1160. The average molecular weight is 566 g/mol. The number of likely N-dealkylation sites (N-methyl/N-ethyl adjacent to an activating group) is 1. The van der Waals surface area contributed by atoms with Gasteiger partial charge in [0.05, 0.1) is 12.6 Å². The largest absolute Gasteiger partial charge is 0.494 e. The second-order valence-corrected chi connectivity index (χ2v) is 11.8. The van der Waals surface area contributed by atoms with Crippen LogP contribution in [0.15, 0.2) is 48.5 Å². The zero-order valence-corrected chi connectivity index (χ0v) is 24.4. The Morgan fingerprint density at radius 3 is 2.46 bits per heavy atom. The summed E-state index contributed by atoms with van der Waals surface area (Å²) in [7, 11) is 3.75. The van der Waals surface area contributed by atoms with E-state index in [0.29, 0.717) is 38.7 Å². The van der Waals surface area contributed by atoms with Crippen molar-refractivity contribution in [3.8, 4) is 5.75 Å². The van der Waals surface area contributed by atoms with E-state index >= 15 is 0 Å². The number of carbonyl (C=O) groups excluding carboxylic acids is 3. The van der Waals surface area contributed by atoms with Crippen LogP contribution >= 0.6 is 0 Å². The lowest BCUT2D eigenvalue weighted by Crippen LogP contribution is -2.51. The molecule has 2 aliphatic rings. The van der Waals surface area contributed by atoms with E-state index in [2.05, 4.69) is 10.6 Å². The smallest absolute Gasteiger partial charge is 0.242 e. The van der Waals surface area contributed by atoms with Crippen molar-refractivity contribution in [2.45, 2.75) is 88.8 Å². The predicted octanol–water partition coefficient (Wildman–Crippen LogP) is 4.61. The maximum absolute atomic E-state index is 13.8.